The third kappa shape index (κ3) is 6.05. The number of anilines is 1. The van der Waals surface area contributed by atoms with Crippen molar-refractivity contribution in [3.63, 3.8) is 0 Å². The SMILES string of the molecule is COc1ccc(-n2c(SCC(=O)N(c3ccccc3)C(C)C)nnc2-c2ccc(C(C)(C)C)cc2)cc1. The Hall–Kier alpha value is -3.58. The molecule has 0 fully saturated rings. The number of para-hydroxylation sites is 1. The van der Waals surface area contributed by atoms with Crippen molar-refractivity contribution in [3.8, 4) is 22.8 Å². The number of methoxy groups -OCH3 is 1. The highest BCUT2D eigenvalue weighted by Crippen LogP contribution is 2.31. The third-order valence-corrected chi connectivity index (χ3v) is 7.03. The molecule has 1 heterocycles. The van der Waals surface area contributed by atoms with Crippen LogP contribution < -0.4 is 9.64 Å². The molecule has 0 spiro atoms. The summed E-state index contributed by atoms with van der Waals surface area (Å²) in [5, 5.41) is 9.71. The second kappa shape index (κ2) is 11.2. The quantitative estimate of drug-likeness (QED) is 0.243. The number of thioether (sulfide) groups is 1. The molecule has 6 nitrogen and oxygen atoms in total. The first kappa shape index (κ1) is 26.5. The summed E-state index contributed by atoms with van der Waals surface area (Å²) in [6, 6.07) is 26.0. The van der Waals surface area contributed by atoms with Gasteiger partial charge in [-0.3, -0.25) is 9.36 Å². The Kier molecular flexibility index (Phi) is 8.03. The molecule has 0 saturated heterocycles. The summed E-state index contributed by atoms with van der Waals surface area (Å²) in [6.07, 6.45) is 0. The minimum absolute atomic E-state index is 0.0200. The Balaban J connectivity index is 1.67. The molecular formula is C30H34N4O2S. The molecule has 0 aliphatic rings. The first-order valence-electron chi connectivity index (χ1n) is 12.4. The lowest BCUT2D eigenvalue weighted by Gasteiger charge is -2.26. The summed E-state index contributed by atoms with van der Waals surface area (Å²) in [4.78, 5) is 15.2. The van der Waals surface area contributed by atoms with Gasteiger partial charge in [-0.25, -0.2) is 0 Å². The van der Waals surface area contributed by atoms with E-state index in [1.54, 1.807) is 7.11 Å². The molecule has 0 unspecified atom stereocenters. The van der Waals surface area contributed by atoms with Crippen molar-refractivity contribution in [2.24, 2.45) is 0 Å². The van der Waals surface area contributed by atoms with Gasteiger partial charge in [0, 0.05) is 23.0 Å². The number of rotatable bonds is 8. The minimum Gasteiger partial charge on any atom is -0.497 e. The summed E-state index contributed by atoms with van der Waals surface area (Å²) >= 11 is 1.39. The monoisotopic (exact) mass is 514 g/mol. The van der Waals surface area contributed by atoms with Crippen LogP contribution in [-0.2, 0) is 10.2 Å². The van der Waals surface area contributed by atoms with Crippen LogP contribution in [0, 0.1) is 0 Å². The van der Waals surface area contributed by atoms with E-state index in [4.69, 9.17) is 4.74 Å². The van der Waals surface area contributed by atoms with Gasteiger partial charge in [-0.1, -0.05) is 75.0 Å². The maximum absolute atomic E-state index is 13.3. The molecule has 0 radical (unpaired) electrons. The zero-order chi connectivity index (χ0) is 26.6. The van der Waals surface area contributed by atoms with Gasteiger partial charge in [0.15, 0.2) is 11.0 Å². The zero-order valence-corrected chi connectivity index (χ0v) is 23.1. The molecule has 1 amide bonds. The normalized spacial score (nSPS) is 11.5. The maximum atomic E-state index is 13.3. The van der Waals surface area contributed by atoms with E-state index in [-0.39, 0.29) is 23.1 Å². The van der Waals surface area contributed by atoms with Crippen LogP contribution in [0.5, 0.6) is 5.75 Å². The van der Waals surface area contributed by atoms with Crippen LogP contribution in [-0.4, -0.2) is 39.6 Å². The second-order valence-electron chi connectivity index (χ2n) is 10.1. The molecule has 4 aromatic rings. The fraction of sp³-hybridized carbons (Fsp3) is 0.300. The van der Waals surface area contributed by atoms with E-state index >= 15 is 0 Å². The fourth-order valence-corrected chi connectivity index (χ4v) is 4.96. The molecule has 4 rings (SSSR count). The highest BCUT2D eigenvalue weighted by Gasteiger charge is 2.22. The number of aromatic nitrogens is 3. The molecule has 0 aliphatic heterocycles. The van der Waals surface area contributed by atoms with Crippen LogP contribution in [0.4, 0.5) is 5.69 Å². The largest absolute Gasteiger partial charge is 0.497 e. The molecule has 3 aromatic carbocycles. The first-order chi connectivity index (χ1) is 17.7. The van der Waals surface area contributed by atoms with Crippen molar-refractivity contribution in [2.75, 3.05) is 17.8 Å². The molecule has 0 atom stereocenters. The lowest BCUT2D eigenvalue weighted by atomic mass is 9.87. The van der Waals surface area contributed by atoms with Gasteiger partial charge in [0.2, 0.25) is 5.91 Å². The third-order valence-electron chi connectivity index (χ3n) is 6.12. The number of hydrogen-bond donors (Lipinski definition) is 0. The number of ether oxygens (including phenoxy) is 1. The van der Waals surface area contributed by atoms with Crippen molar-refractivity contribution < 1.29 is 9.53 Å². The van der Waals surface area contributed by atoms with Gasteiger partial charge in [-0.05, 0) is 61.2 Å². The van der Waals surface area contributed by atoms with Gasteiger partial charge in [0.05, 0.1) is 12.9 Å². The Morgan fingerprint density at radius 1 is 0.946 bits per heavy atom. The van der Waals surface area contributed by atoms with Crippen molar-refractivity contribution in [1.29, 1.82) is 0 Å². The van der Waals surface area contributed by atoms with E-state index < -0.39 is 0 Å². The molecule has 7 heteroatoms. The van der Waals surface area contributed by atoms with Gasteiger partial charge >= 0.3 is 0 Å². The highest BCUT2D eigenvalue weighted by atomic mass is 32.2. The Morgan fingerprint density at radius 3 is 2.16 bits per heavy atom. The predicted molar refractivity (Wildman–Crippen MR) is 152 cm³/mol. The molecule has 0 bridgehead atoms. The molecule has 1 aromatic heterocycles. The molecule has 0 aliphatic carbocycles. The van der Waals surface area contributed by atoms with Crippen LogP contribution >= 0.6 is 11.8 Å². The summed E-state index contributed by atoms with van der Waals surface area (Å²) < 4.78 is 7.36. The van der Waals surface area contributed by atoms with Crippen LogP contribution in [0.3, 0.4) is 0 Å². The van der Waals surface area contributed by atoms with Crippen LogP contribution in [0.2, 0.25) is 0 Å². The topological polar surface area (TPSA) is 60.2 Å². The van der Waals surface area contributed by atoms with Gasteiger partial charge in [0.25, 0.3) is 0 Å². The average Bonchev–Trinajstić information content (AvgIpc) is 3.31. The lowest BCUT2D eigenvalue weighted by Crippen LogP contribution is -2.38. The summed E-state index contributed by atoms with van der Waals surface area (Å²) in [7, 11) is 1.65. The second-order valence-corrected chi connectivity index (χ2v) is 11.1. The van der Waals surface area contributed by atoms with Crippen LogP contribution in [0.15, 0.2) is 84.0 Å². The summed E-state index contributed by atoms with van der Waals surface area (Å²) in [6.45, 7) is 10.6. The Bertz CT molecular complexity index is 1330. The molecule has 192 valence electrons. The van der Waals surface area contributed by atoms with Crippen molar-refractivity contribution in [1.82, 2.24) is 14.8 Å². The van der Waals surface area contributed by atoms with Crippen molar-refractivity contribution >= 4 is 23.4 Å². The van der Waals surface area contributed by atoms with Crippen molar-refractivity contribution in [3.05, 3.63) is 84.4 Å². The molecule has 0 saturated carbocycles. The number of hydrogen-bond acceptors (Lipinski definition) is 5. The van der Waals surface area contributed by atoms with Gasteiger partial charge < -0.3 is 9.64 Å². The molecule has 37 heavy (non-hydrogen) atoms. The Morgan fingerprint density at radius 2 is 1.59 bits per heavy atom. The number of carbonyl (C=O) groups excluding carboxylic acids is 1. The highest BCUT2D eigenvalue weighted by molar-refractivity contribution is 7.99. The smallest absolute Gasteiger partial charge is 0.237 e. The number of amides is 1. The van der Waals surface area contributed by atoms with Gasteiger partial charge in [0.1, 0.15) is 5.75 Å². The van der Waals surface area contributed by atoms with E-state index in [1.807, 2.05) is 77.9 Å². The van der Waals surface area contributed by atoms with Gasteiger partial charge in [-0.2, -0.15) is 0 Å². The van der Waals surface area contributed by atoms with Crippen molar-refractivity contribution in [2.45, 2.75) is 51.2 Å². The van der Waals surface area contributed by atoms with E-state index in [0.717, 1.165) is 28.5 Å². The van der Waals surface area contributed by atoms with Gasteiger partial charge in [-0.15, -0.1) is 10.2 Å². The van der Waals surface area contributed by atoms with E-state index in [1.165, 1.54) is 17.3 Å². The van der Waals surface area contributed by atoms with Crippen LogP contribution in [0.25, 0.3) is 17.1 Å². The maximum Gasteiger partial charge on any atom is 0.237 e. The fourth-order valence-electron chi connectivity index (χ4n) is 4.15. The zero-order valence-electron chi connectivity index (χ0n) is 22.3. The van der Waals surface area contributed by atoms with E-state index in [9.17, 15) is 4.79 Å². The Labute approximate surface area is 223 Å². The summed E-state index contributed by atoms with van der Waals surface area (Å²) in [5.74, 6) is 1.76. The minimum atomic E-state index is 0.0200. The number of benzene rings is 3. The van der Waals surface area contributed by atoms with Crippen LogP contribution in [0.1, 0.15) is 40.2 Å². The molecule has 0 N–H and O–H groups in total. The molecular weight excluding hydrogens is 480 g/mol. The lowest BCUT2D eigenvalue weighted by molar-refractivity contribution is -0.116. The number of carbonyl (C=O) groups is 1. The predicted octanol–water partition coefficient (Wildman–Crippen LogP) is 6.77. The standard InChI is InChI=1S/C30H34N4O2S/c1-21(2)33(24-10-8-7-9-11-24)27(35)20-37-29-32-31-28(22-12-14-23(15-13-22)30(3,4)5)34(29)25-16-18-26(36-6)19-17-25/h7-19,21H,20H2,1-6H3. The number of nitrogens with zero attached hydrogens (tertiary/aromatic N) is 4. The summed E-state index contributed by atoms with van der Waals surface area (Å²) in [5.41, 5.74) is 4.06. The average molecular weight is 515 g/mol. The van der Waals surface area contributed by atoms with E-state index in [0.29, 0.717) is 5.16 Å². The van der Waals surface area contributed by atoms with E-state index in [2.05, 4.69) is 55.2 Å². The first-order valence-corrected chi connectivity index (χ1v) is 13.4.